The van der Waals surface area contributed by atoms with Gasteiger partial charge in [0, 0.05) is 12.0 Å². The van der Waals surface area contributed by atoms with Crippen molar-refractivity contribution in [1.29, 1.82) is 0 Å². The van der Waals surface area contributed by atoms with Gasteiger partial charge in [0.15, 0.2) is 0 Å². The van der Waals surface area contributed by atoms with Gasteiger partial charge in [0.2, 0.25) is 5.91 Å². The van der Waals surface area contributed by atoms with Crippen LogP contribution in [0.1, 0.15) is 25.7 Å². The molecule has 0 aromatic carbocycles. The first-order chi connectivity index (χ1) is 7.29. The predicted octanol–water partition coefficient (Wildman–Crippen LogP) is 1.51. The average molecular weight is 254 g/mol. The zero-order valence-electron chi connectivity index (χ0n) is 8.51. The van der Waals surface area contributed by atoms with E-state index in [9.17, 15) is 18.0 Å². The van der Waals surface area contributed by atoms with Gasteiger partial charge >= 0.3 is 6.18 Å². The van der Waals surface area contributed by atoms with Crippen LogP contribution in [0.4, 0.5) is 13.2 Å². The van der Waals surface area contributed by atoms with Crippen LogP contribution in [0.3, 0.4) is 0 Å². The van der Waals surface area contributed by atoms with Gasteiger partial charge in [-0.25, -0.2) is 0 Å². The minimum atomic E-state index is -4.47. The molecule has 0 aromatic rings. The molecule has 1 aliphatic rings. The van der Waals surface area contributed by atoms with Crippen LogP contribution in [0, 0.1) is 5.92 Å². The lowest BCUT2D eigenvalue weighted by atomic mass is 10.0. The number of carbonyl (C=O) groups excluding carboxylic acids is 1. The molecule has 7 heteroatoms. The summed E-state index contributed by atoms with van der Waals surface area (Å²) in [5.41, 5.74) is 5.45. The maximum Gasteiger partial charge on any atom is 0.397 e. The zero-order valence-corrected chi connectivity index (χ0v) is 9.33. The van der Waals surface area contributed by atoms with Gasteiger partial charge in [0.05, 0.1) is 4.99 Å². The van der Waals surface area contributed by atoms with Crippen molar-refractivity contribution in [2.24, 2.45) is 11.7 Å². The largest absolute Gasteiger partial charge is 0.397 e. The van der Waals surface area contributed by atoms with Crippen molar-refractivity contribution in [3.05, 3.63) is 0 Å². The minimum Gasteiger partial charge on any atom is -0.393 e. The molecule has 3 N–H and O–H groups in total. The molecule has 0 aromatic heterocycles. The fourth-order valence-electron chi connectivity index (χ4n) is 1.91. The third-order valence-electron chi connectivity index (χ3n) is 2.59. The number of halogens is 3. The molecule has 0 spiro atoms. The zero-order chi connectivity index (χ0) is 12.3. The van der Waals surface area contributed by atoms with Crippen LogP contribution in [0.25, 0.3) is 0 Å². The molecule has 2 unspecified atom stereocenters. The van der Waals surface area contributed by atoms with E-state index < -0.39 is 18.5 Å². The van der Waals surface area contributed by atoms with Gasteiger partial charge in [-0.05, 0) is 12.8 Å². The maximum absolute atomic E-state index is 11.9. The molecule has 3 nitrogen and oxygen atoms in total. The van der Waals surface area contributed by atoms with Crippen molar-refractivity contribution in [3.63, 3.8) is 0 Å². The monoisotopic (exact) mass is 254 g/mol. The summed E-state index contributed by atoms with van der Waals surface area (Å²) in [5.74, 6) is -1.19. The minimum absolute atomic E-state index is 0.174. The summed E-state index contributed by atoms with van der Waals surface area (Å²) in [6, 6.07) is -0.340. The van der Waals surface area contributed by atoms with Crippen molar-refractivity contribution in [1.82, 2.24) is 5.32 Å². The molecule has 2 atom stereocenters. The first-order valence-corrected chi connectivity index (χ1v) is 5.36. The van der Waals surface area contributed by atoms with Gasteiger partial charge in [-0.15, -0.1) is 0 Å². The number of thiocarbonyl (C=S) groups is 1. The summed E-state index contributed by atoms with van der Waals surface area (Å²) in [5, 5.41) is 2.34. The average Bonchev–Trinajstić information content (AvgIpc) is 2.47. The molecule has 16 heavy (non-hydrogen) atoms. The molecular formula is C9H13F3N2OS. The van der Waals surface area contributed by atoms with E-state index in [1.807, 2.05) is 0 Å². The van der Waals surface area contributed by atoms with Crippen molar-refractivity contribution < 1.29 is 18.0 Å². The number of hydrogen-bond donors (Lipinski definition) is 2. The quantitative estimate of drug-likeness (QED) is 0.751. The van der Waals surface area contributed by atoms with E-state index in [-0.39, 0.29) is 16.9 Å². The van der Waals surface area contributed by atoms with E-state index in [0.29, 0.717) is 6.42 Å². The van der Waals surface area contributed by atoms with Crippen LogP contribution in [-0.2, 0) is 4.79 Å². The molecule has 0 aliphatic heterocycles. The summed E-state index contributed by atoms with van der Waals surface area (Å²) >= 11 is 4.80. The summed E-state index contributed by atoms with van der Waals surface area (Å²) in [6.07, 6.45) is -3.74. The smallest absolute Gasteiger partial charge is 0.393 e. The van der Waals surface area contributed by atoms with Crippen molar-refractivity contribution in [2.45, 2.75) is 37.9 Å². The first-order valence-electron chi connectivity index (χ1n) is 4.95. The summed E-state index contributed by atoms with van der Waals surface area (Å²) in [7, 11) is 0. The molecule has 0 saturated heterocycles. The van der Waals surface area contributed by atoms with Gasteiger partial charge in [-0.3, -0.25) is 4.79 Å². The molecule has 1 rings (SSSR count). The Bertz CT molecular complexity index is 293. The van der Waals surface area contributed by atoms with Crippen LogP contribution in [-0.4, -0.2) is 23.1 Å². The maximum atomic E-state index is 11.9. The Morgan fingerprint density at radius 2 is 2.06 bits per heavy atom. The lowest BCUT2D eigenvalue weighted by Crippen LogP contribution is -2.42. The third kappa shape index (κ3) is 3.96. The van der Waals surface area contributed by atoms with Gasteiger partial charge in [0.1, 0.15) is 6.42 Å². The van der Waals surface area contributed by atoms with E-state index in [4.69, 9.17) is 18.0 Å². The second kappa shape index (κ2) is 4.99. The number of nitrogens with two attached hydrogens (primary N) is 1. The fourth-order valence-corrected chi connectivity index (χ4v) is 2.20. The van der Waals surface area contributed by atoms with E-state index in [2.05, 4.69) is 5.32 Å². The molecule has 92 valence electrons. The molecule has 1 aliphatic carbocycles. The Labute approximate surface area is 96.6 Å². The van der Waals surface area contributed by atoms with E-state index >= 15 is 0 Å². The number of amides is 1. The third-order valence-corrected chi connectivity index (χ3v) is 2.89. The van der Waals surface area contributed by atoms with Crippen LogP contribution >= 0.6 is 12.2 Å². The fraction of sp³-hybridized carbons (Fsp3) is 0.778. The Balaban J connectivity index is 2.47. The van der Waals surface area contributed by atoms with Crippen LogP contribution in [0.2, 0.25) is 0 Å². The second-order valence-corrected chi connectivity index (χ2v) is 4.38. The molecule has 1 amide bonds. The number of hydrogen-bond acceptors (Lipinski definition) is 2. The molecular weight excluding hydrogens is 241 g/mol. The molecule has 1 saturated carbocycles. The molecule has 1 fully saturated rings. The van der Waals surface area contributed by atoms with Gasteiger partial charge in [0.25, 0.3) is 0 Å². The number of rotatable bonds is 3. The highest BCUT2D eigenvalue weighted by Crippen LogP contribution is 2.27. The Morgan fingerprint density at radius 3 is 2.56 bits per heavy atom. The van der Waals surface area contributed by atoms with Gasteiger partial charge in [-0.1, -0.05) is 18.6 Å². The number of alkyl halides is 3. The topological polar surface area (TPSA) is 55.1 Å². The number of nitrogens with one attached hydrogen (secondary N) is 1. The van der Waals surface area contributed by atoms with E-state index in [1.165, 1.54) is 0 Å². The normalized spacial score (nSPS) is 25.4. The highest BCUT2D eigenvalue weighted by atomic mass is 32.1. The van der Waals surface area contributed by atoms with Gasteiger partial charge < -0.3 is 11.1 Å². The molecule has 0 radical (unpaired) electrons. The Kier molecular flexibility index (Phi) is 4.12. The van der Waals surface area contributed by atoms with Crippen LogP contribution in [0.5, 0.6) is 0 Å². The first kappa shape index (κ1) is 13.2. The molecule has 0 heterocycles. The van der Waals surface area contributed by atoms with Crippen molar-refractivity contribution >= 4 is 23.1 Å². The van der Waals surface area contributed by atoms with Gasteiger partial charge in [-0.2, -0.15) is 13.2 Å². The lowest BCUT2D eigenvalue weighted by Gasteiger charge is -2.20. The predicted molar refractivity (Wildman–Crippen MR) is 56.7 cm³/mol. The Hall–Kier alpha value is -0.850. The van der Waals surface area contributed by atoms with E-state index in [1.54, 1.807) is 0 Å². The Morgan fingerprint density at radius 1 is 1.44 bits per heavy atom. The molecule has 0 bridgehead atoms. The SMILES string of the molecule is NC(=S)C1CCCC1NC(=O)CC(F)(F)F. The van der Waals surface area contributed by atoms with E-state index in [0.717, 1.165) is 12.8 Å². The van der Waals surface area contributed by atoms with Crippen molar-refractivity contribution in [2.75, 3.05) is 0 Å². The standard InChI is InChI=1S/C9H13F3N2OS/c10-9(11,12)4-7(15)14-6-3-1-2-5(6)8(13)16/h5-6H,1-4H2,(H2,13,16)(H,14,15). The van der Waals surface area contributed by atoms with Crippen LogP contribution < -0.4 is 11.1 Å². The summed E-state index contributed by atoms with van der Waals surface area (Å²) < 4.78 is 35.8. The van der Waals surface area contributed by atoms with Crippen molar-refractivity contribution in [3.8, 4) is 0 Å². The lowest BCUT2D eigenvalue weighted by molar-refractivity contribution is -0.154. The summed E-state index contributed by atoms with van der Waals surface area (Å²) in [4.78, 5) is 11.3. The number of carbonyl (C=O) groups is 1. The van der Waals surface area contributed by atoms with Crippen LogP contribution in [0.15, 0.2) is 0 Å². The summed E-state index contributed by atoms with van der Waals surface area (Å²) in [6.45, 7) is 0. The second-order valence-electron chi connectivity index (χ2n) is 3.91. The highest BCUT2D eigenvalue weighted by molar-refractivity contribution is 7.80. The highest BCUT2D eigenvalue weighted by Gasteiger charge is 2.35.